The molecular formula is C25H17ClFNO5S. The topological polar surface area (TPSA) is 72.9 Å². The van der Waals surface area contributed by atoms with E-state index in [1.807, 2.05) is 0 Å². The van der Waals surface area contributed by atoms with Gasteiger partial charge in [0.1, 0.15) is 5.82 Å². The van der Waals surface area contributed by atoms with Crippen LogP contribution in [0.5, 0.6) is 11.5 Å². The van der Waals surface area contributed by atoms with Gasteiger partial charge in [-0.1, -0.05) is 41.9 Å². The van der Waals surface area contributed by atoms with E-state index in [9.17, 15) is 18.8 Å². The first-order valence-electron chi connectivity index (χ1n) is 10.0. The van der Waals surface area contributed by atoms with Gasteiger partial charge in [0.15, 0.2) is 11.5 Å². The molecule has 34 heavy (non-hydrogen) atoms. The number of amides is 2. The molecule has 172 valence electrons. The van der Waals surface area contributed by atoms with E-state index in [1.165, 1.54) is 49.6 Å². The highest BCUT2D eigenvalue weighted by atomic mass is 35.5. The molecule has 2 amide bonds. The van der Waals surface area contributed by atoms with Crippen molar-refractivity contribution in [1.82, 2.24) is 4.90 Å². The molecule has 0 aliphatic carbocycles. The molecule has 1 aliphatic heterocycles. The zero-order valence-corrected chi connectivity index (χ0v) is 19.4. The van der Waals surface area contributed by atoms with Gasteiger partial charge in [-0.3, -0.25) is 14.5 Å². The predicted molar refractivity (Wildman–Crippen MR) is 127 cm³/mol. The molecule has 0 radical (unpaired) electrons. The van der Waals surface area contributed by atoms with Gasteiger partial charge in [0.05, 0.1) is 29.1 Å². The summed E-state index contributed by atoms with van der Waals surface area (Å²) in [6.45, 7) is 0.0333. The number of imide groups is 1. The molecule has 0 N–H and O–H groups in total. The van der Waals surface area contributed by atoms with Crippen LogP contribution < -0.4 is 9.47 Å². The van der Waals surface area contributed by atoms with E-state index < -0.39 is 22.9 Å². The summed E-state index contributed by atoms with van der Waals surface area (Å²) in [5.74, 6) is -1.09. The van der Waals surface area contributed by atoms with E-state index in [0.29, 0.717) is 16.9 Å². The zero-order valence-electron chi connectivity index (χ0n) is 17.8. The average Bonchev–Trinajstić information content (AvgIpc) is 3.08. The highest BCUT2D eigenvalue weighted by Gasteiger charge is 2.35. The standard InChI is InChI=1S/C25H17ClFNO5S/c1-32-20-11-8-16(12-21(20)33-24(30)18-4-2-3-5-19(18)26)13-22-23(29)28(25(31)34-22)14-15-6-9-17(27)10-7-15/h2-13H,14H2,1H3/b22-13-. The van der Waals surface area contributed by atoms with Crippen LogP contribution in [-0.2, 0) is 11.3 Å². The first kappa shape index (κ1) is 23.5. The summed E-state index contributed by atoms with van der Waals surface area (Å²) in [6, 6.07) is 16.8. The Hall–Kier alpha value is -3.62. The Kier molecular flexibility index (Phi) is 7.00. The van der Waals surface area contributed by atoms with Crippen molar-refractivity contribution >= 4 is 46.6 Å². The lowest BCUT2D eigenvalue weighted by Crippen LogP contribution is -2.27. The number of benzene rings is 3. The summed E-state index contributed by atoms with van der Waals surface area (Å²) < 4.78 is 23.9. The van der Waals surface area contributed by atoms with Crippen molar-refractivity contribution in [3.63, 3.8) is 0 Å². The van der Waals surface area contributed by atoms with Gasteiger partial charge in [-0.2, -0.15) is 0 Å². The van der Waals surface area contributed by atoms with Gasteiger partial charge in [-0.25, -0.2) is 9.18 Å². The molecule has 1 saturated heterocycles. The summed E-state index contributed by atoms with van der Waals surface area (Å²) in [5, 5.41) is -0.183. The van der Waals surface area contributed by atoms with Gasteiger partial charge in [0.25, 0.3) is 11.1 Å². The first-order chi connectivity index (χ1) is 16.4. The molecule has 9 heteroatoms. The Morgan fingerprint density at radius 1 is 1.06 bits per heavy atom. The molecule has 3 aromatic rings. The fourth-order valence-corrected chi connectivity index (χ4v) is 4.26. The maximum absolute atomic E-state index is 13.1. The second kappa shape index (κ2) is 10.1. The van der Waals surface area contributed by atoms with Crippen LogP contribution in [0.4, 0.5) is 9.18 Å². The van der Waals surface area contributed by atoms with Crippen LogP contribution in [0, 0.1) is 5.82 Å². The normalized spacial score (nSPS) is 14.6. The third-order valence-electron chi connectivity index (χ3n) is 4.91. The number of esters is 1. The summed E-state index contributed by atoms with van der Waals surface area (Å²) in [5.41, 5.74) is 1.34. The highest BCUT2D eigenvalue weighted by Crippen LogP contribution is 2.35. The van der Waals surface area contributed by atoms with Gasteiger partial charge in [0, 0.05) is 0 Å². The Labute approximate surface area is 203 Å². The van der Waals surface area contributed by atoms with Crippen molar-refractivity contribution in [3.8, 4) is 11.5 Å². The van der Waals surface area contributed by atoms with E-state index in [1.54, 1.807) is 30.3 Å². The minimum atomic E-state index is -0.666. The Balaban J connectivity index is 1.56. The summed E-state index contributed by atoms with van der Waals surface area (Å²) in [4.78, 5) is 39.1. The number of thioether (sulfide) groups is 1. The maximum Gasteiger partial charge on any atom is 0.345 e. The van der Waals surface area contributed by atoms with Crippen LogP contribution in [-0.4, -0.2) is 29.1 Å². The monoisotopic (exact) mass is 497 g/mol. The van der Waals surface area contributed by atoms with Gasteiger partial charge >= 0.3 is 5.97 Å². The van der Waals surface area contributed by atoms with Gasteiger partial charge < -0.3 is 9.47 Å². The van der Waals surface area contributed by atoms with Crippen molar-refractivity contribution in [3.05, 3.63) is 99.2 Å². The van der Waals surface area contributed by atoms with Crippen molar-refractivity contribution in [2.45, 2.75) is 6.54 Å². The lowest BCUT2D eigenvalue weighted by atomic mass is 10.1. The number of carbonyl (C=O) groups excluding carboxylic acids is 3. The van der Waals surface area contributed by atoms with E-state index in [-0.39, 0.29) is 27.8 Å². The van der Waals surface area contributed by atoms with Crippen LogP contribution in [0.3, 0.4) is 0 Å². The summed E-state index contributed by atoms with van der Waals surface area (Å²) >= 11 is 6.87. The molecule has 0 atom stereocenters. The molecule has 0 aromatic heterocycles. The number of ether oxygens (including phenoxy) is 2. The molecule has 4 rings (SSSR count). The lowest BCUT2D eigenvalue weighted by Gasteiger charge is -2.12. The predicted octanol–water partition coefficient (Wildman–Crippen LogP) is 5.94. The smallest absolute Gasteiger partial charge is 0.345 e. The Morgan fingerprint density at radius 2 is 1.79 bits per heavy atom. The molecular weight excluding hydrogens is 481 g/mol. The van der Waals surface area contributed by atoms with E-state index in [2.05, 4.69) is 0 Å². The Bertz CT molecular complexity index is 1310. The minimum Gasteiger partial charge on any atom is -0.493 e. The Morgan fingerprint density at radius 3 is 2.50 bits per heavy atom. The number of halogens is 2. The fourth-order valence-electron chi connectivity index (χ4n) is 3.20. The van der Waals surface area contributed by atoms with Crippen molar-refractivity contribution in [2.24, 2.45) is 0 Å². The third kappa shape index (κ3) is 5.13. The molecule has 3 aromatic carbocycles. The second-order valence-electron chi connectivity index (χ2n) is 7.17. The van der Waals surface area contributed by atoms with Crippen molar-refractivity contribution in [2.75, 3.05) is 7.11 Å². The minimum absolute atomic E-state index is 0.0333. The van der Waals surface area contributed by atoms with Crippen LogP contribution in [0.15, 0.2) is 71.6 Å². The first-order valence-corrected chi connectivity index (χ1v) is 11.2. The van der Waals surface area contributed by atoms with Gasteiger partial charge in [0.2, 0.25) is 0 Å². The quantitative estimate of drug-likeness (QED) is 0.238. The van der Waals surface area contributed by atoms with Crippen LogP contribution >= 0.6 is 23.4 Å². The van der Waals surface area contributed by atoms with Crippen molar-refractivity contribution in [1.29, 1.82) is 0 Å². The van der Waals surface area contributed by atoms with E-state index in [4.69, 9.17) is 21.1 Å². The summed E-state index contributed by atoms with van der Waals surface area (Å²) in [7, 11) is 1.43. The molecule has 0 unspecified atom stereocenters. The van der Waals surface area contributed by atoms with Crippen LogP contribution in [0.1, 0.15) is 21.5 Å². The number of methoxy groups -OCH3 is 1. The van der Waals surface area contributed by atoms with Gasteiger partial charge in [-0.05, 0) is 65.4 Å². The van der Waals surface area contributed by atoms with E-state index >= 15 is 0 Å². The lowest BCUT2D eigenvalue weighted by molar-refractivity contribution is -0.123. The van der Waals surface area contributed by atoms with Gasteiger partial charge in [-0.15, -0.1) is 0 Å². The number of hydrogen-bond donors (Lipinski definition) is 0. The largest absolute Gasteiger partial charge is 0.493 e. The van der Waals surface area contributed by atoms with Crippen LogP contribution in [0.2, 0.25) is 5.02 Å². The second-order valence-corrected chi connectivity index (χ2v) is 8.57. The number of hydrogen-bond acceptors (Lipinski definition) is 6. The van der Waals surface area contributed by atoms with Crippen LogP contribution in [0.25, 0.3) is 6.08 Å². The zero-order chi connectivity index (χ0) is 24.2. The van der Waals surface area contributed by atoms with E-state index in [0.717, 1.165) is 16.7 Å². The molecule has 0 spiro atoms. The molecule has 0 saturated carbocycles. The molecule has 0 bridgehead atoms. The summed E-state index contributed by atoms with van der Waals surface area (Å²) in [6.07, 6.45) is 1.53. The molecule has 6 nitrogen and oxygen atoms in total. The maximum atomic E-state index is 13.1. The fraction of sp³-hybridized carbons (Fsp3) is 0.0800. The molecule has 1 heterocycles. The third-order valence-corrected chi connectivity index (χ3v) is 6.15. The number of rotatable bonds is 6. The SMILES string of the molecule is COc1ccc(/C=C2\SC(=O)N(Cc3ccc(F)cc3)C2=O)cc1OC(=O)c1ccccc1Cl. The molecule has 1 aliphatic rings. The number of nitrogens with zero attached hydrogens (tertiary/aromatic N) is 1. The molecule has 1 fully saturated rings. The highest BCUT2D eigenvalue weighted by molar-refractivity contribution is 8.18. The number of carbonyl (C=O) groups is 3. The average molecular weight is 498 g/mol. The van der Waals surface area contributed by atoms with Crippen molar-refractivity contribution < 1.29 is 28.2 Å².